The molecule has 1 heteroatoms. The molecule has 0 saturated carbocycles. The van der Waals surface area contributed by atoms with E-state index in [-0.39, 0.29) is 25.8 Å². The van der Waals surface area contributed by atoms with Crippen LogP contribution in [0.25, 0.3) is 10.8 Å². The van der Waals surface area contributed by atoms with E-state index >= 15 is 0 Å². The quantitative estimate of drug-likeness (QED) is 0.221. The summed E-state index contributed by atoms with van der Waals surface area (Å²) in [5, 5.41) is 2.95. The van der Waals surface area contributed by atoms with Crippen LogP contribution in [0.2, 0.25) is 0 Å². The van der Waals surface area contributed by atoms with Crippen LogP contribution in [0.15, 0.2) is 24.3 Å². The molecule has 0 aliphatic heterocycles. The number of hydrogen-bond donors (Lipinski definition) is 0. The molecule has 0 radical (unpaired) electrons. The number of hydrogen-bond acceptors (Lipinski definition) is 0. The summed E-state index contributed by atoms with van der Waals surface area (Å²) in [5.74, 6) is 0. The van der Waals surface area contributed by atoms with Gasteiger partial charge in [0.05, 0.1) is 0 Å². The molecular formula is C27H36Hf-2. The van der Waals surface area contributed by atoms with E-state index in [1.54, 1.807) is 11.1 Å². The van der Waals surface area contributed by atoms with Crippen LogP contribution in [0.4, 0.5) is 0 Å². The van der Waals surface area contributed by atoms with E-state index in [1.807, 2.05) is 0 Å². The number of fused-ring (bicyclic) bond motifs is 2. The van der Waals surface area contributed by atoms with Crippen LogP contribution in [-0.2, 0) is 45.1 Å². The molecule has 28 heavy (non-hydrogen) atoms. The summed E-state index contributed by atoms with van der Waals surface area (Å²) >= 11 is 0. The van der Waals surface area contributed by atoms with Gasteiger partial charge in [0.2, 0.25) is 0 Å². The Hall–Kier alpha value is -0.950. The van der Waals surface area contributed by atoms with Gasteiger partial charge in [0, 0.05) is 25.8 Å². The molecule has 0 saturated heterocycles. The molecule has 0 heterocycles. The number of rotatable bonds is 1. The summed E-state index contributed by atoms with van der Waals surface area (Å²) in [6.45, 7) is 18.0. The molecular weight excluding hydrogens is 503 g/mol. The Bertz CT molecular complexity index is 876. The van der Waals surface area contributed by atoms with Crippen molar-refractivity contribution in [2.45, 2.75) is 81.1 Å². The molecule has 0 bridgehead atoms. The van der Waals surface area contributed by atoms with Gasteiger partial charge in [-0.15, -0.1) is 34.5 Å². The van der Waals surface area contributed by atoms with Crippen molar-refractivity contribution < 1.29 is 25.8 Å². The minimum atomic E-state index is 0. The molecule has 0 unspecified atom stereocenters. The Labute approximate surface area is 191 Å². The Kier molecular flexibility index (Phi) is 7.35. The molecule has 0 aromatic heterocycles. The summed E-state index contributed by atoms with van der Waals surface area (Å²) in [4.78, 5) is 0. The van der Waals surface area contributed by atoms with E-state index < -0.39 is 0 Å². The molecule has 0 spiro atoms. The van der Waals surface area contributed by atoms with Crippen LogP contribution >= 0.6 is 0 Å². The predicted octanol–water partition coefficient (Wildman–Crippen LogP) is 7.58. The molecule has 1 aliphatic carbocycles. The van der Waals surface area contributed by atoms with Gasteiger partial charge in [-0.3, -0.25) is 0 Å². The van der Waals surface area contributed by atoms with Crippen molar-refractivity contribution >= 4 is 10.8 Å². The molecule has 150 valence electrons. The van der Waals surface area contributed by atoms with E-state index in [2.05, 4.69) is 79.7 Å². The van der Waals surface area contributed by atoms with Crippen LogP contribution < -0.4 is 0 Å². The molecule has 3 aromatic carbocycles. The summed E-state index contributed by atoms with van der Waals surface area (Å²) in [7, 11) is 0. The second kappa shape index (κ2) is 8.82. The van der Waals surface area contributed by atoms with Gasteiger partial charge in [0.15, 0.2) is 0 Å². The van der Waals surface area contributed by atoms with E-state index in [1.165, 1.54) is 69.8 Å². The zero-order valence-electron chi connectivity index (χ0n) is 19.1. The smallest absolute Gasteiger partial charge is 0 e. The van der Waals surface area contributed by atoms with Crippen LogP contribution in [0.1, 0.15) is 71.7 Å². The number of benzene rings is 1. The number of aryl methyl sites for hydroxylation is 2. The first-order chi connectivity index (χ1) is 12.6. The van der Waals surface area contributed by atoms with Crippen molar-refractivity contribution in [3.8, 4) is 0 Å². The van der Waals surface area contributed by atoms with Gasteiger partial charge >= 0.3 is 0 Å². The molecule has 0 N–H and O–H groups in total. The fourth-order valence-electron chi connectivity index (χ4n) is 4.47. The van der Waals surface area contributed by atoms with Gasteiger partial charge in [0.25, 0.3) is 0 Å². The largest absolute Gasteiger partial charge is 0.196 e. The van der Waals surface area contributed by atoms with Gasteiger partial charge in [-0.1, -0.05) is 72.9 Å². The van der Waals surface area contributed by atoms with E-state index in [4.69, 9.17) is 0 Å². The van der Waals surface area contributed by atoms with Gasteiger partial charge in [-0.2, -0.15) is 33.9 Å². The van der Waals surface area contributed by atoms with Gasteiger partial charge in [0.1, 0.15) is 0 Å². The maximum absolute atomic E-state index is 2.46. The molecule has 0 nitrogen and oxygen atoms in total. The molecule has 0 atom stereocenters. The summed E-state index contributed by atoms with van der Waals surface area (Å²) in [6.07, 6.45) is 5.09. The van der Waals surface area contributed by atoms with Crippen molar-refractivity contribution in [3.63, 3.8) is 0 Å². The van der Waals surface area contributed by atoms with Crippen molar-refractivity contribution in [3.05, 3.63) is 68.8 Å². The van der Waals surface area contributed by atoms with Crippen LogP contribution in [0.5, 0.6) is 0 Å². The van der Waals surface area contributed by atoms with E-state index in [0.29, 0.717) is 5.41 Å². The Morgan fingerprint density at radius 1 is 0.893 bits per heavy atom. The SMILES string of the molecule is CC(C)(C)C[c-]1ccc2cc3c(cc21)CCC3.Cc1c(C)c(C)[c-](C)c1C.[Hf]. The first-order valence-electron chi connectivity index (χ1n) is 10.5. The average molecular weight is 539 g/mol. The van der Waals surface area contributed by atoms with Crippen molar-refractivity contribution in [1.29, 1.82) is 0 Å². The minimum Gasteiger partial charge on any atom is -0.196 e. The summed E-state index contributed by atoms with van der Waals surface area (Å²) in [6, 6.07) is 9.50. The standard InChI is InChI=1S/C17H21.C10H15.Hf/c1-17(2,3)11-15-8-7-14-9-12-5-4-6-13(12)10-16(14)15;1-6-7(2)9(4)10(5)8(6)3;/h7-10H,4-6,11H2,1-3H3;1-5H3;/q2*-1;. The van der Waals surface area contributed by atoms with Gasteiger partial charge in [-0.05, 0) is 24.7 Å². The normalized spacial score (nSPS) is 13.1. The topological polar surface area (TPSA) is 0 Å². The van der Waals surface area contributed by atoms with Crippen LogP contribution in [-0.4, -0.2) is 0 Å². The van der Waals surface area contributed by atoms with E-state index in [0.717, 1.165) is 0 Å². The Morgan fingerprint density at radius 2 is 1.43 bits per heavy atom. The van der Waals surface area contributed by atoms with Crippen molar-refractivity contribution in [2.75, 3.05) is 0 Å². The van der Waals surface area contributed by atoms with Crippen molar-refractivity contribution in [2.24, 2.45) is 5.41 Å². The second-order valence-corrected chi connectivity index (χ2v) is 9.78. The monoisotopic (exact) mass is 540 g/mol. The fraction of sp³-hybridized carbons (Fsp3) is 0.481. The van der Waals surface area contributed by atoms with Crippen molar-refractivity contribution in [1.82, 2.24) is 0 Å². The van der Waals surface area contributed by atoms with E-state index in [9.17, 15) is 0 Å². The van der Waals surface area contributed by atoms with Gasteiger partial charge in [-0.25, -0.2) is 0 Å². The summed E-state index contributed by atoms with van der Waals surface area (Å²) < 4.78 is 0. The zero-order valence-corrected chi connectivity index (χ0v) is 22.7. The average Bonchev–Trinajstić information content (AvgIpc) is 3.25. The third kappa shape index (κ3) is 4.78. The molecule has 4 rings (SSSR count). The zero-order chi connectivity index (χ0) is 19.9. The summed E-state index contributed by atoms with van der Waals surface area (Å²) in [5.41, 5.74) is 12.4. The fourth-order valence-corrected chi connectivity index (χ4v) is 4.47. The molecule has 0 amide bonds. The second-order valence-electron chi connectivity index (χ2n) is 9.78. The van der Waals surface area contributed by atoms with Crippen LogP contribution in [0, 0.1) is 40.0 Å². The molecule has 1 aliphatic rings. The maximum atomic E-state index is 2.46. The third-order valence-corrected chi connectivity index (χ3v) is 6.61. The van der Waals surface area contributed by atoms with Crippen LogP contribution in [0.3, 0.4) is 0 Å². The Morgan fingerprint density at radius 3 is 1.89 bits per heavy atom. The van der Waals surface area contributed by atoms with Gasteiger partial charge < -0.3 is 0 Å². The first kappa shape index (κ1) is 23.3. The maximum Gasteiger partial charge on any atom is 0 e. The third-order valence-electron chi connectivity index (χ3n) is 6.61. The molecule has 3 aromatic rings. The Balaban J connectivity index is 0.000000221. The molecule has 0 fully saturated rings. The first-order valence-corrected chi connectivity index (χ1v) is 10.5. The predicted molar refractivity (Wildman–Crippen MR) is 120 cm³/mol. The minimum absolute atomic E-state index is 0.